The van der Waals surface area contributed by atoms with E-state index in [9.17, 15) is 0 Å². The Kier molecular flexibility index (Phi) is 8.75. The minimum Gasteiger partial charge on any atom is -0.103 e. The van der Waals surface area contributed by atoms with Crippen LogP contribution in [-0.2, 0) is 0 Å². The monoisotopic (exact) mass is 368 g/mol. The minimum absolute atomic E-state index is 0.818. The van der Waals surface area contributed by atoms with Crippen LogP contribution in [0.2, 0.25) is 0 Å². The summed E-state index contributed by atoms with van der Waals surface area (Å²) in [6.45, 7) is 6.14. The maximum Gasteiger partial charge on any atom is -0.0233 e. The highest BCUT2D eigenvalue weighted by Gasteiger charge is 2.29. The molecule has 0 N–H and O–H groups in total. The molecule has 3 rings (SSSR count). The van der Waals surface area contributed by atoms with Crippen molar-refractivity contribution in [3.8, 4) is 0 Å². The van der Waals surface area contributed by atoms with E-state index in [1.54, 1.807) is 0 Å². The van der Waals surface area contributed by atoms with Gasteiger partial charge in [-0.15, -0.1) is 6.58 Å². The second-order valence-corrected chi connectivity index (χ2v) is 9.90. The molecule has 0 aromatic rings. The highest BCUT2D eigenvalue weighted by molar-refractivity contribution is 4.97. The van der Waals surface area contributed by atoms with Gasteiger partial charge in [-0.3, -0.25) is 0 Å². The lowest BCUT2D eigenvalue weighted by molar-refractivity contribution is 0.166. The van der Waals surface area contributed by atoms with Gasteiger partial charge in [-0.05, 0) is 132 Å². The fourth-order valence-corrected chi connectivity index (χ4v) is 6.14. The van der Waals surface area contributed by atoms with Gasteiger partial charge in [0, 0.05) is 0 Å². The molecule has 0 aliphatic heterocycles. The van der Waals surface area contributed by atoms with Gasteiger partial charge in [0.25, 0.3) is 0 Å². The molecule has 0 aromatic heterocycles. The molecule has 0 saturated heterocycles. The lowest BCUT2D eigenvalue weighted by Gasteiger charge is -2.37. The Morgan fingerprint density at radius 3 is 1.63 bits per heavy atom. The van der Waals surface area contributed by atoms with Crippen LogP contribution < -0.4 is 0 Å². The normalized spacial score (nSPS) is 38.4. The molecule has 0 spiro atoms. The predicted octanol–water partition coefficient (Wildman–Crippen LogP) is 8.50. The fraction of sp³-hybridized carbons (Fsp3) is 0.778. The van der Waals surface area contributed by atoms with E-state index in [0.717, 1.165) is 35.5 Å². The Morgan fingerprint density at radius 2 is 1.15 bits per heavy atom. The first-order valence-electron chi connectivity index (χ1n) is 12.2. The molecular weight excluding hydrogens is 324 g/mol. The summed E-state index contributed by atoms with van der Waals surface area (Å²) in [7, 11) is 0. The lowest BCUT2D eigenvalue weighted by Crippen LogP contribution is -2.25. The molecular formula is C27H44. The summed E-state index contributed by atoms with van der Waals surface area (Å²) < 4.78 is 0. The van der Waals surface area contributed by atoms with Gasteiger partial charge in [0.15, 0.2) is 0 Å². The first kappa shape index (κ1) is 20.9. The molecule has 0 atom stereocenters. The summed E-state index contributed by atoms with van der Waals surface area (Å²) in [6, 6.07) is 0. The van der Waals surface area contributed by atoms with Crippen molar-refractivity contribution in [2.24, 2.45) is 35.5 Å². The van der Waals surface area contributed by atoms with Crippen LogP contribution in [-0.4, -0.2) is 0 Å². The van der Waals surface area contributed by atoms with Crippen LogP contribution >= 0.6 is 0 Å². The zero-order valence-corrected chi connectivity index (χ0v) is 18.0. The number of allylic oxidation sites excluding steroid dienone is 5. The minimum atomic E-state index is 0.818. The van der Waals surface area contributed by atoms with Gasteiger partial charge in [-0.2, -0.15) is 0 Å². The van der Waals surface area contributed by atoms with E-state index in [4.69, 9.17) is 0 Å². The third-order valence-corrected chi connectivity index (χ3v) is 8.16. The standard InChI is InChI=1S/C27H44/c1-3-5-6-7-23-8-10-24(11-9-23)12-13-25-16-20-27(21-17-25)26-18-14-22(4-2)15-19-26/h3-5,12-13,22-27H,2,6-11,14-21H2,1H3/b5-3+,13-12?. The zero-order valence-electron chi connectivity index (χ0n) is 18.0. The average molecular weight is 369 g/mol. The highest BCUT2D eigenvalue weighted by atomic mass is 14.3. The molecule has 3 fully saturated rings. The van der Waals surface area contributed by atoms with Crippen LogP contribution in [0.25, 0.3) is 0 Å². The summed E-state index contributed by atoms with van der Waals surface area (Å²) in [5, 5.41) is 0. The maximum atomic E-state index is 4.00. The smallest absolute Gasteiger partial charge is 0.0233 e. The molecule has 3 aliphatic carbocycles. The molecule has 27 heavy (non-hydrogen) atoms. The summed E-state index contributed by atoms with van der Waals surface area (Å²) in [5.41, 5.74) is 0. The number of hydrogen-bond acceptors (Lipinski definition) is 0. The highest BCUT2D eigenvalue weighted by Crippen LogP contribution is 2.42. The van der Waals surface area contributed by atoms with E-state index in [-0.39, 0.29) is 0 Å². The third kappa shape index (κ3) is 6.65. The molecule has 3 aliphatic rings. The number of rotatable bonds is 7. The molecule has 0 aromatic carbocycles. The Bertz CT molecular complexity index is 460. The van der Waals surface area contributed by atoms with E-state index in [1.807, 2.05) is 0 Å². The van der Waals surface area contributed by atoms with Gasteiger partial charge in [-0.25, -0.2) is 0 Å². The van der Waals surface area contributed by atoms with E-state index < -0.39 is 0 Å². The summed E-state index contributed by atoms with van der Waals surface area (Å²) in [6.07, 6.45) is 32.2. The molecule has 0 heterocycles. The van der Waals surface area contributed by atoms with Crippen molar-refractivity contribution in [3.63, 3.8) is 0 Å². The van der Waals surface area contributed by atoms with E-state index in [0.29, 0.717) is 0 Å². The van der Waals surface area contributed by atoms with Crippen molar-refractivity contribution in [1.82, 2.24) is 0 Å². The maximum absolute atomic E-state index is 4.00. The van der Waals surface area contributed by atoms with Crippen LogP contribution in [0.15, 0.2) is 37.0 Å². The van der Waals surface area contributed by atoms with Crippen LogP contribution in [0.3, 0.4) is 0 Å². The molecule has 0 amide bonds. The molecule has 3 saturated carbocycles. The van der Waals surface area contributed by atoms with Crippen molar-refractivity contribution >= 4 is 0 Å². The molecule has 0 heteroatoms. The second kappa shape index (κ2) is 11.3. The molecule has 0 nitrogen and oxygen atoms in total. The van der Waals surface area contributed by atoms with Crippen molar-refractivity contribution < 1.29 is 0 Å². The van der Waals surface area contributed by atoms with Gasteiger partial charge in [0.2, 0.25) is 0 Å². The van der Waals surface area contributed by atoms with E-state index >= 15 is 0 Å². The van der Waals surface area contributed by atoms with Crippen LogP contribution in [0, 0.1) is 35.5 Å². The third-order valence-electron chi connectivity index (χ3n) is 8.16. The molecule has 0 bridgehead atoms. The van der Waals surface area contributed by atoms with Crippen molar-refractivity contribution in [2.45, 2.75) is 96.8 Å². The topological polar surface area (TPSA) is 0 Å². The average Bonchev–Trinajstić information content (AvgIpc) is 2.74. The lowest BCUT2D eigenvalue weighted by atomic mass is 9.69. The van der Waals surface area contributed by atoms with Gasteiger partial charge < -0.3 is 0 Å². The Balaban J connectivity index is 1.32. The summed E-state index contributed by atoms with van der Waals surface area (Å²) in [5.74, 6) is 5.65. The zero-order chi connectivity index (χ0) is 18.9. The Labute approximate surface area is 169 Å². The largest absolute Gasteiger partial charge is 0.103 e. The molecule has 0 radical (unpaired) electrons. The van der Waals surface area contributed by atoms with Crippen LogP contribution in [0.4, 0.5) is 0 Å². The molecule has 152 valence electrons. The molecule has 0 unspecified atom stereocenters. The van der Waals surface area contributed by atoms with E-state index in [1.165, 1.54) is 89.9 Å². The van der Waals surface area contributed by atoms with Gasteiger partial charge >= 0.3 is 0 Å². The Hall–Kier alpha value is -0.780. The van der Waals surface area contributed by atoms with Crippen molar-refractivity contribution in [2.75, 3.05) is 0 Å². The SMILES string of the molecule is C=CC1CCC(C2CCC(C=CC3CCC(CC/C=C/C)CC3)CC2)CC1. The second-order valence-electron chi connectivity index (χ2n) is 9.90. The number of hydrogen-bond donors (Lipinski definition) is 0. The van der Waals surface area contributed by atoms with Gasteiger partial charge in [0.05, 0.1) is 0 Å². The van der Waals surface area contributed by atoms with Crippen LogP contribution in [0.1, 0.15) is 96.8 Å². The first-order valence-corrected chi connectivity index (χ1v) is 12.2. The van der Waals surface area contributed by atoms with Crippen molar-refractivity contribution in [1.29, 1.82) is 0 Å². The van der Waals surface area contributed by atoms with Gasteiger partial charge in [-0.1, -0.05) is 30.4 Å². The summed E-state index contributed by atoms with van der Waals surface area (Å²) in [4.78, 5) is 0. The van der Waals surface area contributed by atoms with Gasteiger partial charge in [0.1, 0.15) is 0 Å². The predicted molar refractivity (Wildman–Crippen MR) is 120 cm³/mol. The van der Waals surface area contributed by atoms with E-state index in [2.05, 4.69) is 43.9 Å². The fourth-order valence-electron chi connectivity index (χ4n) is 6.14. The summed E-state index contributed by atoms with van der Waals surface area (Å²) >= 11 is 0. The first-order chi connectivity index (χ1) is 13.3. The quantitative estimate of drug-likeness (QED) is 0.395. The van der Waals surface area contributed by atoms with Crippen molar-refractivity contribution in [3.05, 3.63) is 37.0 Å². The Morgan fingerprint density at radius 1 is 0.667 bits per heavy atom. The van der Waals surface area contributed by atoms with Crippen LogP contribution in [0.5, 0.6) is 0 Å².